The van der Waals surface area contributed by atoms with Gasteiger partial charge in [-0.15, -0.1) is 24.0 Å². The van der Waals surface area contributed by atoms with E-state index in [2.05, 4.69) is 36.4 Å². The molecule has 2 N–H and O–H groups in total. The van der Waals surface area contributed by atoms with Gasteiger partial charge in [-0.25, -0.2) is 0 Å². The molecule has 1 saturated heterocycles. The lowest BCUT2D eigenvalue weighted by molar-refractivity contribution is -0.113. The zero-order chi connectivity index (χ0) is 16.0. The Labute approximate surface area is 158 Å². The number of nitrogens with one attached hydrogen (secondary N) is 2. The first-order valence-corrected chi connectivity index (χ1v) is 8.78. The fraction of sp³-hybridized carbons (Fsp3) is 0.941. The van der Waals surface area contributed by atoms with E-state index in [0.29, 0.717) is 18.2 Å². The highest BCUT2D eigenvalue weighted by molar-refractivity contribution is 14.0. The van der Waals surface area contributed by atoms with Crippen molar-refractivity contribution in [2.45, 2.75) is 71.1 Å². The summed E-state index contributed by atoms with van der Waals surface area (Å²) in [5, 5.41) is 6.93. The molecule has 0 spiro atoms. The molecule has 136 valence electrons. The summed E-state index contributed by atoms with van der Waals surface area (Å²) >= 11 is 0. The van der Waals surface area contributed by atoms with Crippen LogP contribution in [-0.2, 0) is 9.47 Å². The SMILES string of the molecule is CCCCOC1CC(NC(=NC)NCC2CCCO2)C1(C)C.I. The van der Waals surface area contributed by atoms with Crippen LogP contribution in [0.3, 0.4) is 0 Å². The monoisotopic (exact) mass is 439 g/mol. The van der Waals surface area contributed by atoms with Gasteiger partial charge in [0.05, 0.1) is 12.2 Å². The van der Waals surface area contributed by atoms with Gasteiger partial charge in [-0.05, 0) is 25.7 Å². The van der Waals surface area contributed by atoms with Gasteiger partial charge in [0.15, 0.2) is 5.96 Å². The molecule has 0 aromatic rings. The van der Waals surface area contributed by atoms with Gasteiger partial charge in [0, 0.05) is 38.3 Å². The van der Waals surface area contributed by atoms with Crippen molar-refractivity contribution >= 4 is 29.9 Å². The first-order chi connectivity index (χ1) is 10.6. The maximum Gasteiger partial charge on any atom is 0.191 e. The van der Waals surface area contributed by atoms with Crippen molar-refractivity contribution in [1.82, 2.24) is 10.6 Å². The maximum absolute atomic E-state index is 6.00. The van der Waals surface area contributed by atoms with Crippen LogP contribution in [0.15, 0.2) is 4.99 Å². The molecule has 5 nitrogen and oxygen atoms in total. The third-order valence-corrected chi connectivity index (χ3v) is 5.05. The third kappa shape index (κ3) is 5.74. The Hall–Kier alpha value is -0.0800. The zero-order valence-electron chi connectivity index (χ0n) is 15.1. The average Bonchev–Trinajstić information content (AvgIpc) is 3.02. The van der Waals surface area contributed by atoms with Gasteiger partial charge in [0.2, 0.25) is 0 Å². The number of unbranched alkanes of at least 4 members (excludes halogenated alkanes) is 1. The van der Waals surface area contributed by atoms with E-state index in [0.717, 1.165) is 45.0 Å². The summed E-state index contributed by atoms with van der Waals surface area (Å²) in [6.45, 7) is 9.36. The largest absolute Gasteiger partial charge is 0.378 e. The molecule has 1 aliphatic carbocycles. The van der Waals surface area contributed by atoms with Crippen molar-refractivity contribution in [2.75, 3.05) is 26.8 Å². The molecular formula is C17H34IN3O2. The molecule has 1 heterocycles. The van der Waals surface area contributed by atoms with Gasteiger partial charge in [-0.3, -0.25) is 4.99 Å². The van der Waals surface area contributed by atoms with Gasteiger partial charge in [-0.1, -0.05) is 27.2 Å². The molecule has 2 fully saturated rings. The van der Waals surface area contributed by atoms with Crippen molar-refractivity contribution < 1.29 is 9.47 Å². The van der Waals surface area contributed by atoms with Crippen molar-refractivity contribution in [3.05, 3.63) is 0 Å². The van der Waals surface area contributed by atoms with Crippen LogP contribution in [0.4, 0.5) is 0 Å². The normalized spacial score (nSPS) is 29.6. The van der Waals surface area contributed by atoms with Gasteiger partial charge in [0.25, 0.3) is 0 Å². The standard InChI is InChI=1S/C17H33N3O2.HI/c1-5-6-9-22-15-11-14(17(15,2)3)20-16(18-4)19-12-13-8-7-10-21-13;/h13-15H,5-12H2,1-4H3,(H2,18,19,20);1H. The zero-order valence-corrected chi connectivity index (χ0v) is 17.4. The molecule has 0 aromatic carbocycles. The van der Waals surface area contributed by atoms with E-state index in [-0.39, 0.29) is 29.4 Å². The highest BCUT2D eigenvalue weighted by atomic mass is 127. The molecule has 3 unspecified atom stereocenters. The van der Waals surface area contributed by atoms with Crippen LogP contribution >= 0.6 is 24.0 Å². The minimum Gasteiger partial charge on any atom is -0.378 e. The molecule has 2 rings (SSSR count). The van der Waals surface area contributed by atoms with E-state index in [1.54, 1.807) is 0 Å². The Morgan fingerprint density at radius 1 is 1.39 bits per heavy atom. The predicted molar refractivity (Wildman–Crippen MR) is 106 cm³/mol. The molecule has 0 amide bonds. The molecule has 0 radical (unpaired) electrons. The number of hydrogen-bond acceptors (Lipinski definition) is 3. The van der Waals surface area contributed by atoms with E-state index >= 15 is 0 Å². The van der Waals surface area contributed by atoms with Crippen LogP contribution in [-0.4, -0.2) is 51.0 Å². The smallest absolute Gasteiger partial charge is 0.191 e. The lowest BCUT2D eigenvalue weighted by atomic mass is 9.64. The molecule has 1 saturated carbocycles. The second-order valence-corrected chi connectivity index (χ2v) is 7.06. The summed E-state index contributed by atoms with van der Waals surface area (Å²) in [5.41, 5.74) is 0.148. The number of halogens is 1. The predicted octanol–water partition coefficient (Wildman–Crippen LogP) is 2.93. The molecular weight excluding hydrogens is 405 g/mol. The van der Waals surface area contributed by atoms with Crippen molar-refractivity contribution in [1.29, 1.82) is 0 Å². The lowest BCUT2D eigenvalue weighted by Crippen LogP contribution is -2.63. The van der Waals surface area contributed by atoms with Crippen LogP contribution in [0.2, 0.25) is 0 Å². The summed E-state index contributed by atoms with van der Waals surface area (Å²) in [6, 6.07) is 0.412. The summed E-state index contributed by atoms with van der Waals surface area (Å²) in [6.07, 6.45) is 6.39. The highest BCUT2D eigenvalue weighted by Crippen LogP contribution is 2.42. The molecule has 2 aliphatic rings. The molecule has 6 heteroatoms. The number of ether oxygens (including phenoxy) is 2. The van der Waals surface area contributed by atoms with Crippen LogP contribution in [0.25, 0.3) is 0 Å². The lowest BCUT2D eigenvalue weighted by Gasteiger charge is -2.52. The summed E-state index contributed by atoms with van der Waals surface area (Å²) in [4.78, 5) is 4.33. The minimum absolute atomic E-state index is 0. The van der Waals surface area contributed by atoms with Crippen LogP contribution < -0.4 is 10.6 Å². The second-order valence-electron chi connectivity index (χ2n) is 7.06. The van der Waals surface area contributed by atoms with Crippen LogP contribution in [0.5, 0.6) is 0 Å². The molecule has 0 bridgehead atoms. The van der Waals surface area contributed by atoms with Gasteiger partial charge in [0.1, 0.15) is 0 Å². The van der Waals surface area contributed by atoms with E-state index in [1.807, 2.05) is 7.05 Å². The van der Waals surface area contributed by atoms with Crippen molar-refractivity contribution in [2.24, 2.45) is 10.4 Å². The summed E-state index contributed by atoms with van der Waals surface area (Å²) in [5.74, 6) is 0.876. The Morgan fingerprint density at radius 2 is 2.17 bits per heavy atom. The number of hydrogen-bond donors (Lipinski definition) is 2. The molecule has 1 aliphatic heterocycles. The quantitative estimate of drug-likeness (QED) is 0.277. The average molecular weight is 439 g/mol. The fourth-order valence-corrected chi connectivity index (χ4v) is 3.16. The summed E-state index contributed by atoms with van der Waals surface area (Å²) in [7, 11) is 1.83. The van der Waals surface area contributed by atoms with Crippen LogP contribution in [0, 0.1) is 5.41 Å². The topological polar surface area (TPSA) is 54.9 Å². The van der Waals surface area contributed by atoms with Crippen molar-refractivity contribution in [3.63, 3.8) is 0 Å². The Morgan fingerprint density at radius 3 is 2.74 bits per heavy atom. The first kappa shape index (κ1) is 21.0. The number of rotatable bonds is 7. The fourth-order valence-electron chi connectivity index (χ4n) is 3.16. The molecule has 3 atom stereocenters. The molecule has 0 aromatic heterocycles. The second kappa shape index (κ2) is 10.0. The first-order valence-electron chi connectivity index (χ1n) is 8.78. The number of aliphatic imine (C=N–C) groups is 1. The van der Waals surface area contributed by atoms with E-state index in [1.165, 1.54) is 12.8 Å². The Balaban J connectivity index is 0.00000264. The van der Waals surface area contributed by atoms with Gasteiger partial charge >= 0.3 is 0 Å². The van der Waals surface area contributed by atoms with E-state index in [9.17, 15) is 0 Å². The summed E-state index contributed by atoms with van der Waals surface area (Å²) < 4.78 is 11.6. The Kier molecular flexibility index (Phi) is 9.15. The number of guanidine groups is 1. The number of nitrogens with zero attached hydrogens (tertiary/aromatic N) is 1. The molecule has 23 heavy (non-hydrogen) atoms. The Bertz CT molecular complexity index is 371. The van der Waals surface area contributed by atoms with Gasteiger partial charge in [-0.2, -0.15) is 0 Å². The van der Waals surface area contributed by atoms with Crippen molar-refractivity contribution in [3.8, 4) is 0 Å². The maximum atomic E-state index is 6.00. The van der Waals surface area contributed by atoms with Crippen LogP contribution in [0.1, 0.15) is 52.9 Å². The minimum atomic E-state index is 0. The third-order valence-electron chi connectivity index (χ3n) is 5.05. The van der Waals surface area contributed by atoms with E-state index < -0.39 is 0 Å². The van der Waals surface area contributed by atoms with Gasteiger partial charge < -0.3 is 20.1 Å². The highest BCUT2D eigenvalue weighted by Gasteiger charge is 2.49. The van der Waals surface area contributed by atoms with E-state index in [4.69, 9.17) is 9.47 Å².